The third kappa shape index (κ3) is 4.89. The molecular weight excluding hydrogens is 260 g/mol. The molecule has 0 aromatic heterocycles. The summed E-state index contributed by atoms with van der Waals surface area (Å²) in [5.41, 5.74) is 6.62. The fourth-order valence-electron chi connectivity index (χ4n) is 1.81. The SMILES string of the molecule is COc1cccc(CN(C)C(=O)C(N)CCC(=O)O)c1. The van der Waals surface area contributed by atoms with Gasteiger partial charge in [-0.3, -0.25) is 9.59 Å². The van der Waals surface area contributed by atoms with Gasteiger partial charge in [0.2, 0.25) is 5.91 Å². The van der Waals surface area contributed by atoms with Gasteiger partial charge in [-0.15, -0.1) is 0 Å². The number of carboxylic acids is 1. The van der Waals surface area contributed by atoms with Crippen LogP contribution in [0.4, 0.5) is 0 Å². The van der Waals surface area contributed by atoms with Gasteiger partial charge in [-0.25, -0.2) is 0 Å². The summed E-state index contributed by atoms with van der Waals surface area (Å²) in [6.45, 7) is 0.400. The first kappa shape index (κ1) is 16.0. The molecule has 1 aromatic carbocycles. The number of carbonyl (C=O) groups is 2. The number of nitrogens with zero attached hydrogens (tertiary/aromatic N) is 1. The largest absolute Gasteiger partial charge is 0.497 e. The van der Waals surface area contributed by atoms with Gasteiger partial charge in [-0.2, -0.15) is 0 Å². The number of benzene rings is 1. The second-order valence-electron chi connectivity index (χ2n) is 4.58. The quantitative estimate of drug-likeness (QED) is 0.772. The molecule has 1 aromatic rings. The molecule has 0 saturated heterocycles. The van der Waals surface area contributed by atoms with Gasteiger partial charge in [-0.1, -0.05) is 12.1 Å². The molecular formula is C14H20N2O4. The minimum absolute atomic E-state index is 0.111. The molecule has 0 aliphatic heterocycles. The Bertz CT molecular complexity index is 476. The highest BCUT2D eigenvalue weighted by atomic mass is 16.5. The number of hydrogen-bond donors (Lipinski definition) is 2. The van der Waals surface area contributed by atoms with Gasteiger partial charge in [0.25, 0.3) is 0 Å². The normalized spacial score (nSPS) is 11.8. The Labute approximate surface area is 118 Å². The number of likely N-dealkylation sites (N-methyl/N-ethyl adjacent to an activating group) is 1. The molecule has 0 saturated carbocycles. The van der Waals surface area contributed by atoms with Crippen LogP contribution in [0.25, 0.3) is 0 Å². The summed E-state index contributed by atoms with van der Waals surface area (Å²) in [5, 5.41) is 8.58. The van der Waals surface area contributed by atoms with Crippen LogP contribution in [0.1, 0.15) is 18.4 Å². The Morgan fingerprint density at radius 3 is 2.75 bits per heavy atom. The lowest BCUT2D eigenvalue weighted by Crippen LogP contribution is -2.41. The monoisotopic (exact) mass is 280 g/mol. The van der Waals surface area contributed by atoms with Crippen LogP contribution >= 0.6 is 0 Å². The average Bonchev–Trinajstić information content (AvgIpc) is 2.43. The predicted molar refractivity (Wildman–Crippen MR) is 74.3 cm³/mol. The molecule has 3 N–H and O–H groups in total. The van der Waals surface area contributed by atoms with Crippen molar-refractivity contribution in [1.29, 1.82) is 0 Å². The van der Waals surface area contributed by atoms with E-state index in [0.717, 1.165) is 11.3 Å². The summed E-state index contributed by atoms with van der Waals surface area (Å²) in [5.74, 6) is -0.503. The molecule has 1 unspecified atom stereocenters. The molecule has 6 nitrogen and oxygen atoms in total. The fourth-order valence-corrected chi connectivity index (χ4v) is 1.81. The molecule has 1 atom stereocenters. The minimum Gasteiger partial charge on any atom is -0.497 e. The van der Waals surface area contributed by atoms with Gasteiger partial charge < -0.3 is 20.5 Å². The van der Waals surface area contributed by atoms with E-state index in [2.05, 4.69) is 0 Å². The third-order valence-electron chi connectivity index (χ3n) is 2.92. The van der Waals surface area contributed by atoms with Gasteiger partial charge in [0.05, 0.1) is 13.2 Å². The van der Waals surface area contributed by atoms with Crippen molar-refractivity contribution >= 4 is 11.9 Å². The average molecular weight is 280 g/mol. The summed E-state index contributed by atoms with van der Waals surface area (Å²) in [4.78, 5) is 23.9. The zero-order valence-electron chi connectivity index (χ0n) is 11.7. The van der Waals surface area contributed by atoms with Crippen LogP contribution in [-0.2, 0) is 16.1 Å². The van der Waals surface area contributed by atoms with Crippen LogP contribution in [0.5, 0.6) is 5.75 Å². The van der Waals surface area contributed by atoms with Crippen molar-refractivity contribution in [3.8, 4) is 5.75 Å². The summed E-state index contributed by atoms with van der Waals surface area (Å²) < 4.78 is 5.12. The zero-order chi connectivity index (χ0) is 15.1. The summed E-state index contributed by atoms with van der Waals surface area (Å²) in [6.07, 6.45) is 0.0243. The van der Waals surface area contributed by atoms with E-state index in [9.17, 15) is 9.59 Å². The molecule has 110 valence electrons. The highest BCUT2D eigenvalue weighted by Crippen LogP contribution is 2.14. The molecule has 0 spiro atoms. The van der Waals surface area contributed by atoms with Gasteiger partial charge in [-0.05, 0) is 24.1 Å². The van der Waals surface area contributed by atoms with Gasteiger partial charge in [0.1, 0.15) is 5.75 Å². The first-order valence-electron chi connectivity index (χ1n) is 6.29. The van der Waals surface area contributed by atoms with Crippen LogP contribution < -0.4 is 10.5 Å². The molecule has 0 radical (unpaired) electrons. The minimum atomic E-state index is -0.955. The predicted octanol–water partition coefficient (Wildman–Crippen LogP) is 0.846. The van der Waals surface area contributed by atoms with E-state index in [1.54, 1.807) is 14.2 Å². The van der Waals surface area contributed by atoms with Gasteiger partial charge in [0.15, 0.2) is 0 Å². The Balaban J connectivity index is 2.58. The molecule has 1 rings (SSSR count). The van der Waals surface area contributed by atoms with Crippen molar-refractivity contribution in [2.45, 2.75) is 25.4 Å². The lowest BCUT2D eigenvalue weighted by molar-refractivity contribution is -0.137. The van der Waals surface area contributed by atoms with Crippen molar-refractivity contribution in [2.75, 3.05) is 14.2 Å². The highest BCUT2D eigenvalue weighted by molar-refractivity contribution is 5.82. The van der Waals surface area contributed by atoms with Gasteiger partial charge >= 0.3 is 5.97 Å². The number of ether oxygens (including phenoxy) is 1. The van der Waals surface area contributed by atoms with Crippen molar-refractivity contribution in [2.24, 2.45) is 5.73 Å². The molecule has 0 aliphatic carbocycles. The summed E-state index contributed by atoms with van der Waals surface area (Å²) >= 11 is 0. The van der Waals surface area contributed by atoms with E-state index in [4.69, 9.17) is 15.6 Å². The Morgan fingerprint density at radius 2 is 2.15 bits per heavy atom. The molecule has 0 fully saturated rings. The number of carboxylic acid groups (broad SMARTS) is 1. The number of methoxy groups -OCH3 is 1. The molecule has 0 bridgehead atoms. The van der Waals surface area contributed by atoms with Crippen molar-refractivity contribution in [3.05, 3.63) is 29.8 Å². The Kier molecular flexibility index (Phi) is 5.99. The third-order valence-corrected chi connectivity index (χ3v) is 2.92. The lowest BCUT2D eigenvalue weighted by atomic mass is 10.1. The smallest absolute Gasteiger partial charge is 0.303 e. The van der Waals surface area contributed by atoms with Crippen LogP contribution in [0.3, 0.4) is 0 Å². The van der Waals surface area contributed by atoms with E-state index in [1.165, 1.54) is 4.90 Å². The second-order valence-corrected chi connectivity index (χ2v) is 4.58. The molecule has 0 aliphatic rings. The van der Waals surface area contributed by atoms with E-state index in [1.807, 2.05) is 24.3 Å². The van der Waals surface area contributed by atoms with Crippen molar-refractivity contribution < 1.29 is 19.4 Å². The van der Waals surface area contributed by atoms with E-state index < -0.39 is 12.0 Å². The van der Waals surface area contributed by atoms with E-state index >= 15 is 0 Å². The van der Waals surface area contributed by atoms with Crippen LogP contribution in [0.2, 0.25) is 0 Å². The van der Waals surface area contributed by atoms with Crippen molar-refractivity contribution in [1.82, 2.24) is 4.90 Å². The Morgan fingerprint density at radius 1 is 1.45 bits per heavy atom. The molecule has 6 heteroatoms. The number of aliphatic carboxylic acids is 1. The number of carbonyl (C=O) groups excluding carboxylic acids is 1. The number of rotatable bonds is 7. The van der Waals surface area contributed by atoms with Crippen LogP contribution in [-0.4, -0.2) is 42.1 Å². The van der Waals surface area contributed by atoms with Gasteiger partial charge in [0, 0.05) is 20.0 Å². The fraction of sp³-hybridized carbons (Fsp3) is 0.429. The highest BCUT2D eigenvalue weighted by Gasteiger charge is 2.19. The topological polar surface area (TPSA) is 92.9 Å². The second kappa shape index (κ2) is 7.49. The summed E-state index contributed by atoms with van der Waals surface area (Å²) in [6, 6.07) is 6.60. The van der Waals surface area contributed by atoms with Crippen molar-refractivity contribution in [3.63, 3.8) is 0 Å². The number of nitrogens with two attached hydrogens (primary N) is 1. The number of amides is 1. The summed E-state index contributed by atoms with van der Waals surface area (Å²) in [7, 11) is 3.22. The Hall–Kier alpha value is -2.08. The van der Waals surface area contributed by atoms with Crippen LogP contribution in [0, 0.1) is 0 Å². The molecule has 0 heterocycles. The molecule has 20 heavy (non-hydrogen) atoms. The molecule has 1 amide bonds. The standard InChI is InChI=1S/C14H20N2O4/c1-16(14(19)12(15)6-7-13(17)18)9-10-4-3-5-11(8-10)20-2/h3-5,8,12H,6-7,9,15H2,1-2H3,(H,17,18). The lowest BCUT2D eigenvalue weighted by Gasteiger charge is -2.21. The van der Waals surface area contributed by atoms with E-state index in [0.29, 0.717) is 6.54 Å². The zero-order valence-corrected chi connectivity index (χ0v) is 11.7. The van der Waals surface area contributed by atoms with Crippen LogP contribution in [0.15, 0.2) is 24.3 Å². The first-order valence-corrected chi connectivity index (χ1v) is 6.29. The first-order chi connectivity index (χ1) is 9.43. The maximum Gasteiger partial charge on any atom is 0.303 e. The number of hydrogen-bond acceptors (Lipinski definition) is 4. The maximum atomic E-state index is 12.0. The maximum absolute atomic E-state index is 12.0. The van der Waals surface area contributed by atoms with E-state index in [-0.39, 0.29) is 18.7 Å².